The van der Waals surface area contributed by atoms with E-state index in [1.165, 1.54) is 11.8 Å². The molecule has 2 aromatic heterocycles. The lowest BCUT2D eigenvalue weighted by atomic mass is 10.4. The van der Waals surface area contributed by atoms with E-state index in [2.05, 4.69) is 27.2 Å². The molecule has 2 aromatic rings. The van der Waals surface area contributed by atoms with Crippen LogP contribution >= 0.6 is 23.4 Å². The van der Waals surface area contributed by atoms with Gasteiger partial charge in [-0.3, -0.25) is 0 Å². The first-order chi connectivity index (χ1) is 9.19. The maximum absolute atomic E-state index is 6.09. The summed E-state index contributed by atoms with van der Waals surface area (Å²) in [6.07, 6.45) is 2.77. The van der Waals surface area contributed by atoms with Crippen LogP contribution in [0.2, 0.25) is 5.02 Å². The minimum Gasteiger partial charge on any atom is -0.370 e. The molecule has 0 saturated heterocycles. The average Bonchev–Trinajstić information content (AvgIpc) is 2.38. The van der Waals surface area contributed by atoms with Crippen molar-refractivity contribution in [1.29, 1.82) is 0 Å². The van der Waals surface area contributed by atoms with E-state index in [4.69, 9.17) is 11.6 Å². The fraction of sp³-hybridized carbons (Fsp3) is 0.308. The second-order valence-electron chi connectivity index (χ2n) is 3.96. The Morgan fingerprint density at radius 3 is 2.95 bits per heavy atom. The fourth-order valence-corrected chi connectivity index (χ4v) is 2.54. The van der Waals surface area contributed by atoms with E-state index in [1.54, 1.807) is 6.20 Å². The van der Waals surface area contributed by atoms with E-state index in [0.29, 0.717) is 5.02 Å². The number of pyridine rings is 1. The van der Waals surface area contributed by atoms with Crippen LogP contribution in [0.25, 0.3) is 0 Å². The van der Waals surface area contributed by atoms with E-state index >= 15 is 0 Å². The Hall–Kier alpha value is -1.33. The number of hydrogen-bond donors (Lipinski definition) is 1. The molecule has 0 aromatic carbocycles. The number of hydrogen-bond acceptors (Lipinski definition) is 5. The van der Waals surface area contributed by atoms with Gasteiger partial charge in [0.1, 0.15) is 21.7 Å². The molecule has 19 heavy (non-hydrogen) atoms. The maximum Gasteiger partial charge on any atom is 0.130 e. The molecule has 0 unspecified atom stereocenters. The predicted molar refractivity (Wildman–Crippen MR) is 78.9 cm³/mol. The van der Waals surface area contributed by atoms with Crippen molar-refractivity contribution in [3.8, 4) is 0 Å². The van der Waals surface area contributed by atoms with Crippen molar-refractivity contribution in [2.24, 2.45) is 0 Å². The Morgan fingerprint density at radius 2 is 2.21 bits per heavy atom. The molecule has 0 amide bonds. The van der Waals surface area contributed by atoms with Crippen LogP contribution in [0.15, 0.2) is 34.4 Å². The van der Waals surface area contributed by atoms with E-state index in [9.17, 15) is 0 Å². The van der Waals surface area contributed by atoms with Gasteiger partial charge < -0.3 is 5.32 Å². The van der Waals surface area contributed by atoms with Gasteiger partial charge in [-0.1, -0.05) is 18.5 Å². The molecule has 100 valence electrons. The molecule has 0 saturated carbocycles. The zero-order chi connectivity index (χ0) is 13.7. The van der Waals surface area contributed by atoms with Crippen molar-refractivity contribution in [3.05, 3.63) is 35.2 Å². The molecule has 0 atom stereocenters. The summed E-state index contributed by atoms with van der Waals surface area (Å²) in [5.74, 6) is 1.57. The van der Waals surface area contributed by atoms with Gasteiger partial charge in [-0.05, 0) is 37.2 Å². The van der Waals surface area contributed by atoms with Gasteiger partial charge in [-0.25, -0.2) is 15.0 Å². The number of nitrogens with zero attached hydrogens (tertiary/aromatic N) is 3. The smallest absolute Gasteiger partial charge is 0.130 e. The van der Waals surface area contributed by atoms with Crippen LogP contribution < -0.4 is 5.32 Å². The summed E-state index contributed by atoms with van der Waals surface area (Å²) in [6.45, 7) is 4.89. The Balaban J connectivity index is 2.20. The summed E-state index contributed by atoms with van der Waals surface area (Å²) in [7, 11) is 0. The quantitative estimate of drug-likeness (QED) is 0.850. The fourth-order valence-electron chi connectivity index (χ4n) is 1.48. The topological polar surface area (TPSA) is 50.7 Å². The first kappa shape index (κ1) is 14.1. The number of anilines is 1. The number of aryl methyl sites for hydroxylation is 1. The highest BCUT2D eigenvalue weighted by Crippen LogP contribution is 2.30. The third-order valence-electron chi connectivity index (χ3n) is 2.30. The lowest BCUT2D eigenvalue weighted by Gasteiger charge is -2.07. The summed E-state index contributed by atoms with van der Waals surface area (Å²) in [5.41, 5.74) is 0. The van der Waals surface area contributed by atoms with Gasteiger partial charge in [0, 0.05) is 18.8 Å². The van der Waals surface area contributed by atoms with Crippen molar-refractivity contribution in [3.63, 3.8) is 0 Å². The number of nitrogens with one attached hydrogen (secondary N) is 1. The monoisotopic (exact) mass is 294 g/mol. The molecule has 2 heterocycles. The van der Waals surface area contributed by atoms with Crippen molar-refractivity contribution >= 4 is 29.2 Å². The Labute approximate surface area is 122 Å². The van der Waals surface area contributed by atoms with Crippen molar-refractivity contribution in [1.82, 2.24) is 15.0 Å². The SMILES string of the molecule is CCCNc1cc(Sc2ncccc2Cl)nc(C)n1. The summed E-state index contributed by atoms with van der Waals surface area (Å²) in [6, 6.07) is 5.55. The molecule has 0 aliphatic rings. The van der Waals surface area contributed by atoms with E-state index in [1.807, 2.05) is 25.1 Å². The molecular formula is C13H15ClN4S. The van der Waals surface area contributed by atoms with Gasteiger partial charge in [0.05, 0.1) is 5.02 Å². The first-order valence-corrected chi connectivity index (χ1v) is 7.26. The second kappa shape index (κ2) is 6.73. The number of rotatable bonds is 5. The highest BCUT2D eigenvalue weighted by molar-refractivity contribution is 7.99. The summed E-state index contributed by atoms with van der Waals surface area (Å²) in [5, 5.41) is 5.48. The molecule has 0 spiro atoms. The van der Waals surface area contributed by atoms with Crippen LogP contribution in [-0.4, -0.2) is 21.5 Å². The maximum atomic E-state index is 6.09. The van der Waals surface area contributed by atoms with Crippen LogP contribution in [0.5, 0.6) is 0 Å². The number of halogens is 1. The van der Waals surface area contributed by atoms with Gasteiger partial charge in [0.15, 0.2) is 0 Å². The van der Waals surface area contributed by atoms with Crippen LogP contribution in [0, 0.1) is 6.92 Å². The van der Waals surface area contributed by atoms with Crippen LogP contribution in [0.3, 0.4) is 0 Å². The molecular weight excluding hydrogens is 280 g/mol. The molecule has 0 fully saturated rings. The molecule has 0 aliphatic carbocycles. The zero-order valence-corrected chi connectivity index (χ0v) is 12.4. The normalized spacial score (nSPS) is 10.5. The Morgan fingerprint density at radius 1 is 1.37 bits per heavy atom. The van der Waals surface area contributed by atoms with Gasteiger partial charge in [0.25, 0.3) is 0 Å². The van der Waals surface area contributed by atoms with Gasteiger partial charge in [0.2, 0.25) is 0 Å². The van der Waals surface area contributed by atoms with Crippen molar-refractivity contribution in [2.75, 3.05) is 11.9 Å². The Kier molecular flexibility index (Phi) is 4.99. The van der Waals surface area contributed by atoms with Crippen LogP contribution in [0.1, 0.15) is 19.2 Å². The summed E-state index contributed by atoms with van der Waals surface area (Å²) in [4.78, 5) is 13.0. The van der Waals surface area contributed by atoms with Crippen LogP contribution in [0.4, 0.5) is 5.82 Å². The minimum atomic E-state index is 0.631. The predicted octanol–water partition coefficient (Wildman–Crippen LogP) is 3.81. The minimum absolute atomic E-state index is 0.631. The third kappa shape index (κ3) is 4.08. The van der Waals surface area contributed by atoms with Gasteiger partial charge in [-0.15, -0.1) is 0 Å². The zero-order valence-electron chi connectivity index (χ0n) is 10.9. The van der Waals surface area contributed by atoms with Crippen molar-refractivity contribution in [2.45, 2.75) is 30.3 Å². The first-order valence-electron chi connectivity index (χ1n) is 6.07. The second-order valence-corrected chi connectivity index (χ2v) is 5.37. The number of aromatic nitrogens is 3. The summed E-state index contributed by atoms with van der Waals surface area (Å²) >= 11 is 7.54. The molecule has 0 aliphatic heterocycles. The van der Waals surface area contributed by atoms with E-state index in [0.717, 1.165) is 34.7 Å². The molecule has 0 bridgehead atoms. The van der Waals surface area contributed by atoms with Gasteiger partial charge >= 0.3 is 0 Å². The largest absolute Gasteiger partial charge is 0.370 e. The lowest BCUT2D eigenvalue weighted by Crippen LogP contribution is -2.04. The molecule has 6 heteroatoms. The summed E-state index contributed by atoms with van der Waals surface area (Å²) < 4.78 is 0. The highest BCUT2D eigenvalue weighted by Gasteiger charge is 2.07. The Bertz CT molecular complexity index is 562. The van der Waals surface area contributed by atoms with E-state index in [-0.39, 0.29) is 0 Å². The van der Waals surface area contributed by atoms with Crippen LogP contribution in [-0.2, 0) is 0 Å². The molecule has 4 nitrogen and oxygen atoms in total. The lowest BCUT2D eigenvalue weighted by molar-refractivity contribution is 0.926. The molecule has 2 rings (SSSR count). The highest BCUT2D eigenvalue weighted by atomic mass is 35.5. The van der Waals surface area contributed by atoms with E-state index < -0.39 is 0 Å². The van der Waals surface area contributed by atoms with Gasteiger partial charge in [-0.2, -0.15) is 0 Å². The molecule has 0 radical (unpaired) electrons. The third-order valence-corrected chi connectivity index (χ3v) is 3.65. The standard InChI is InChI=1S/C13H15ClN4S/c1-3-6-15-11-8-12(18-9(2)17-11)19-13-10(14)5-4-7-16-13/h4-5,7-8H,3,6H2,1-2H3,(H,15,17,18). The van der Waals surface area contributed by atoms with Crippen molar-refractivity contribution < 1.29 is 0 Å². The average molecular weight is 295 g/mol. The molecule has 1 N–H and O–H groups in total.